The van der Waals surface area contributed by atoms with Gasteiger partial charge in [-0.25, -0.2) is 0 Å². The molecule has 2 aromatic rings. The molecule has 0 radical (unpaired) electrons. The van der Waals surface area contributed by atoms with Gasteiger partial charge in [-0.1, -0.05) is 56.3 Å². The van der Waals surface area contributed by atoms with Gasteiger partial charge in [0, 0.05) is 5.56 Å². The number of methoxy groups -OCH3 is 1. The first-order valence-corrected chi connectivity index (χ1v) is 7.36. The fourth-order valence-electron chi connectivity index (χ4n) is 2.85. The van der Waals surface area contributed by atoms with Gasteiger partial charge < -0.3 is 4.74 Å². The highest BCUT2D eigenvalue weighted by Crippen LogP contribution is 2.40. The van der Waals surface area contributed by atoms with Gasteiger partial charge in [-0.2, -0.15) is 5.26 Å². The number of ether oxygens (including phenoxy) is 1. The van der Waals surface area contributed by atoms with Gasteiger partial charge in [0.1, 0.15) is 5.75 Å². The Morgan fingerprint density at radius 1 is 0.952 bits per heavy atom. The fraction of sp³-hybridized carbons (Fsp3) is 0.316. The Balaban J connectivity index is 2.70. The average Bonchev–Trinajstić information content (AvgIpc) is 2.57. The van der Waals surface area contributed by atoms with E-state index in [4.69, 9.17) is 4.74 Å². The third-order valence-corrected chi connectivity index (χ3v) is 4.26. The van der Waals surface area contributed by atoms with Crippen LogP contribution in [0.2, 0.25) is 0 Å². The molecule has 0 amide bonds. The van der Waals surface area contributed by atoms with Crippen LogP contribution in [-0.4, -0.2) is 7.11 Å². The molecule has 0 aliphatic heterocycles. The summed E-state index contributed by atoms with van der Waals surface area (Å²) in [5.74, 6) is 0.837. The van der Waals surface area contributed by atoms with Crippen molar-refractivity contribution in [3.8, 4) is 22.9 Å². The molecular weight excluding hydrogens is 258 g/mol. The highest BCUT2D eigenvalue weighted by molar-refractivity contribution is 5.75. The summed E-state index contributed by atoms with van der Waals surface area (Å²) in [6.45, 7) is 4.15. The number of nitriles is 1. The van der Waals surface area contributed by atoms with Crippen LogP contribution in [0, 0.1) is 11.3 Å². The third-order valence-electron chi connectivity index (χ3n) is 4.26. The molecule has 0 heterocycles. The Hall–Kier alpha value is -2.27. The van der Waals surface area contributed by atoms with Crippen LogP contribution < -0.4 is 4.74 Å². The van der Waals surface area contributed by atoms with Crippen LogP contribution in [0.5, 0.6) is 5.75 Å². The van der Waals surface area contributed by atoms with Gasteiger partial charge in [0.25, 0.3) is 0 Å². The van der Waals surface area contributed by atoms with Crippen LogP contribution in [-0.2, 0) is 5.41 Å². The van der Waals surface area contributed by atoms with Crippen molar-refractivity contribution in [3.63, 3.8) is 0 Å². The van der Waals surface area contributed by atoms with Crippen LogP contribution >= 0.6 is 0 Å². The van der Waals surface area contributed by atoms with E-state index >= 15 is 0 Å². The molecule has 2 nitrogen and oxygen atoms in total. The maximum absolute atomic E-state index is 9.75. The molecular formula is C19H21NO. The normalized spacial score (nSPS) is 11.0. The lowest BCUT2D eigenvalue weighted by atomic mass is 9.74. The zero-order chi connectivity index (χ0) is 15.3. The van der Waals surface area contributed by atoms with Crippen molar-refractivity contribution in [1.82, 2.24) is 0 Å². The largest absolute Gasteiger partial charge is 0.496 e. The summed E-state index contributed by atoms with van der Waals surface area (Å²) >= 11 is 0. The number of nitrogens with zero attached hydrogens (tertiary/aromatic N) is 1. The zero-order valence-corrected chi connectivity index (χ0v) is 12.9. The summed E-state index contributed by atoms with van der Waals surface area (Å²) in [7, 11) is 1.68. The maximum Gasteiger partial charge on any atom is 0.126 e. The smallest absolute Gasteiger partial charge is 0.126 e. The Morgan fingerprint density at radius 3 is 2.10 bits per heavy atom. The van der Waals surface area contributed by atoms with Crippen molar-refractivity contribution in [2.75, 3.05) is 7.11 Å². The van der Waals surface area contributed by atoms with Crippen molar-refractivity contribution in [1.29, 1.82) is 5.26 Å². The fourth-order valence-corrected chi connectivity index (χ4v) is 2.85. The molecule has 0 atom stereocenters. The molecule has 21 heavy (non-hydrogen) atoms. The van der Waals surface area contributed by atoms with E-state index < -0.39 is 5.41 Å². The standard InChI is InChI=1S/C19H21NO/c1-4-19(5-2,14-20)17-12-8-6-10-15(17)16-11-7-9-13-18(16)21-3/h6-13H,4-5H2,1-3H3. The van der Waals surface area contributed by atoms with Crippen LogP contribution in [0.3, 0.4) is 0 Å². The van der Waals surface area contributed by atoms with Crippen molar-refractivity contribution >= 4 is 0 Å². The molecule has 0 aromatic heterocycles. The summed E-state index contributed by atoms with van der Waals surface area (Å²) in [4.78, 5) is 0. The predicted molar refractivity (Wildman–Crippen MR) is 86.3 cm³/mol. The van der Waals surface area contributed by atoms with Crippen LogP contribution in [0.15, 0.2) is 48.5 Å². The van der Waals surface area contributed by atoms with Gasteiger partial charge in [0.05, 0.1) is 18.6 Å². The second-order valence-corrected chi connectivity index (χ2v) is 5.15. The monoisotopic (exact) mass is 279 g/mol. The van der Waals surface area contributed by atoms with E-state index in [2.05, 4.69) is 32.0 Å². The minimum Gasteiger partial charge on any atom is -0.496 e. The van der Waals surface area contributed by atoms with E-state index in [0.29, 0.717) is 0 Å². The molecule has 0 bridgehead atoms. The second-order valence-electron chi connectivity index (χ2n) is 5.15. The molecule has 108 valence electrons. The highest BCUT2D eigenvalue weighted by Gasteiger charge is 2.31. The van der Waals surface area contributed by atoms with Crippen molar-refractivity contribution < 1.29 is 4.74 Å². The molecule has 0 fully saturated rings. The summed E-state index contributed by atoms with van der Waals surface area (Å²) in [5, 5.41) is 9.75. The second kappa shape index (κ2) is 6.45. The molecule has 0 aliphatic rings. The van der Waals surface area contributed by atoms with E-state index in [-0.39, 0.29) is 0 Å². The Kier molecular flexibility index (Phi) is 4.65. The maximum atomic E-state index is 9.75. The average molecular weight is 279 g/mol. The molecule has 2 rings (SSSR count). The molecule has 2 aromatic carbocycles. The van der Waals surface area contributed by atoms with Gasteiger partial charge in [-0.3, -0.25) is 0 Å². The first-order chi connectivity index (χ1) is 10.2. The molecule has 0 saturated carbocycles. The topological polar surface area (TPSA) is 33.0 Å². The number of hydrogen-bond acceptors (Lipinski definition) is 2. The van der Waals surface area contributed by atoms with E-state index in [1.165, 1.54) is 0 Å². The Labute approximate surface area is 127 Å². The van der Waals surface area contributed by atoms with Gasteiger partial charge in [-0.05, 0) is 30.0 Å². The Morgan fingerprint density at radius 2 is 1.52 bits per heavy atom. The number of rotatable bonds is 5. The number of benzene rings is 2. The minimum absolute atomic E-state index is 0.447. The lowest BCUT2D eigenvalue weighted by molar-refractivity contribution is 0.416. The van der Waals surface area contributed by atoms with Crippen LogP contribution in [0.4, 0.5) is 0 Å². The van der Waals surface area contributed by atoms with Gasteiger partial charge in [0.2, 0.25) is 0 Å². The number of para-hydroxylation sites is 1. The van der Waals surface area contributed by atoms with Crippen LogP contribution in [0.1, 0.15) is 32.3 Å². The summed E-state index contributed by atoms with van der Waals surface area (Å²) in [5.41, 5.74) is 2.76. The van der Waals surface area contributed by atoms with E-state index in [0.717, 1.165) is 35.3 Å². The molecule has 0 aliphatic carbocycles. The van der Waals surface area contributed by atoms with Crippen LogP contribution in [0.25, 0.3) is 11.1 Å². The summed E-state index contributed by atoms with van der Waals surface area (Å²) < 4.78 is 5.49. The quantitative estimate of drug-likeness (QED) is 0.776. The Bertz CT molecular complexity index is 651. The van der Waals surface area contributed by atoms with E-state index in [9.17, 15) is 5.26 Å². The zero-order valence-electron chi connectivity index (χ0n) is 12.9. The molecule has 0 saturated heterocycles. The highest BCUT2D eigenvalue weighted by atomic mass is 16.5. The van der Waals surface area contributed by atoms with Gasteiger partial charge in [0.15, 0.2) is 0 Å². The van der Waals surface area contributed by atoms with Gasteiger partial charge >= 0.3 is 0 Å². The van der Waals surface area contributed by atoms with Gasteiger partial charge in [-0.15, -0.1) is 0 Å². The number of hydrogen-bond donors (Lipinski definition) is 0. The lowest BCUT2D eigenvalue weighted by Crippen LogP contribution is -2.22. The minimum atomic E-state index is -0.447. The van der Waals surface area contributed by atoms with E-state index in [1.807, 2.05) is 36.4 Å². The van der Waals surface area contributed by atoms with Crippen molar-refractivity contribution in [2.24, 2.45) is 0 Å². The van der Waals surface area contributed by atoms with Crippen molar-refractivity contribution in [3.05, 3.63) is 54.1 Å². The predicted octanol–water partition coefficient (Wildman–Crippen LogP) is 4.94. The molecule has 0 spiro atoms. The molecule has 0 unspecified atom stereocenters. The third kappa shape index (κ3) is 2.64. The first-order valence-electron chi connectivity index (χ1n) is 7.36. The SMILES string of the molecule is CCC(C#N)(CC)c1ccccc1-c1ccccc1OC. The summed E-state index contributed by atoms with van der Waals surface area (Å²) in [6, 6.07) is 18.7. The first kappa shape index (κ1) is 15.1. The lowest BCUT2D eigenvalue weighted by Gasteiger charge is -2.27. The molecule has 0 N–H and O–H groups in total. The molecule has 2 heteroatoms. The summed E-state index contributed by atoms with van der Waals surface area (Å²) in [6.07, 6.45) is 1.60. The van der Waals surface area contributed by atoms with Crippen molar-refractivity contribution in [2.45, 2.75) is 32.1 Å². The van der Waals surface area contributed by atoms with E-state index in [1.54, 1.807) is 7.11 Å².